The summed E-state index contributed by atoms with van der Waals surface area (Å²) in [5.74, 6) is -0.781. The number of hydrogen-bond donors (Lipinski definition) is 2. The Morgan fingerprint density at radius 1 is 1.24 bits per heavy atom. The Bertz CT molecular complexity index is 320. The van der Waals surface area contributed by atoms with Crippen LogP contribution < -0.4 is 5.32 Å². The number of nitrogens with zero attached hydrogens (tertiary/aromatic N) is 1. The normalized spacial score (nSPS) is 14.5. The van der Waals surface area contributed by atoms with Gasteiger partial charge in [0.2, 0.25) is 5.91 Å². The van der Waals surface area contributed by atoms with Crippen LogP contribution in [0.25, 0.3) is 0 Å². The highest BCUT2D eigenvalue weighted by atomic mass is 16.3. The first-order chi connectivity index (χ1) is 8.15. The van der Waals surface area contributed by atoms with Gasteiger partial charge in [0.25, 0.3) is 11.8 Å². The fourth-order valence-electron chi connectivity index (χ4n) is 1.44. The Labute approximate surface area is 99.3 Å². The van der Waals surface area contributed by atoms with Gasteiger partial charge < -0.3 is 10.4 Å². The van der Waals surface area contributed by atoms with Crippen LogP contribution in [0.2, 0.25) is 0 Å². The molecule has 6 heteroatoms. The highest BCUT2D eigenvalue weighted by Crippen LogP contribution is 2.05. The second-order valence-electron chi connectivity index (χ2n) is 3.69. The van der Waals surface area contributed by atoms with E-state index in [9.17, 15) is 14.4 Å². The minimum absolute atomic E-state index is 0.0444. The molecule has 1 aliphatic heterocycles. The molecule has 0 aromatic rings. The van der Waals surface area contributed by atoms with E-state index < -0.39 is 0 Å². The number of hydrogen-bond acceptors (Lipinski definition) is 4. The molecule has 0 atom stereocenters. The van der Waals surface area contributed by atoms with Crippen LogP contribution >= 0.6 is 0 Å². The van der Waals surface area contributed by atoms with E-state index in [1.165, 1.54) is 12.2 Å². The lowest BCUT2D eigenvalue weighted by atomic mass is 10.2. The van der Waals surface area contributed by atoms with Gasteiger partial charge in [0, 0.05) is 38.3 Å². The second kappa shape index (κ2) is 6.80. The number of carbonyl (C=O) groups is 3. The lowest BCUT2D eigenvalue weighted by Gasteiger charge is -2.13. The number of carbonyl (C=O) groups excluding carboxylic acids is 3. The topological polar surface area (TPSA) is 86.7 Å². The summed E-state index contributed by atoms with van der Waals surface area (Å²) < 4.78 is 0. The third kappa shape index (κ3) is 4.36. The van der Waals surface area contributed by atoms with Gasteiger partial charge in [0.05, 0.1) is 0 Å². The number of imide groups is 1. The van der Waals surface area contributed by atoms with Gasteiger partial charge in [-0.05, 0) is 12.8 Å². The van der Waals surface area contributed by atoms with E-state index in [0.29, 0.717) is 19.4 Å². The van der Waals surface area contributed by atoms with Crippen molar-refractivity contribution in [1.82, 2.24) is 10.2 Å². The Kier molecular flexibility index (Phi) is 5.35. The molecule has 0 fully saturated rings. The van der Waals surface area contributed by atoms with Crippen LogP contribution in [0.1, 0.15) is 19.3 Å². The summed E-state index contributed by atoms with van der Waals surface area (Å²) in [6.07, 6.45) is 3.69. The smallest absolute Gasteiger partial charge is 0.253 e. The molecule has 94 valence electrons. The second-order valence-corrected chi connectivity index (χ2v) is 3.69. The van der Waals surface area contributed by atoms with Gasteiger partial charge in [0.15, 0.2) is 0 Å². The molecular formula is C11H16N2O4. The molecule has 0 unspecified atom stereocenters. The Morgan fingerprint density at radius 2 is 1.88 bits per heavy atom. The lowest BCUT2D eigenvalue weighted by Crippen LogP contribution is -2.32. The van der Waals surface area contributed by atoms with Crippen LogP contribution in [0, 0.1) is 0 Å². The van der Waals surface area contributed by atoms with Crippen LogP contribution in [-0.4, -0.2) is 47.4 Å². The van der Waals surface area contributed by atoms with Crippen LogP contribution in [0.4, 0.5) is 0 Å². The van der Waals surface area contributed by atoms with Crippen LogP contribution in [0.3, 0.4) is 0 Å². The molecule has 0 spiro atoms. The number of amides is 3. The zero-order chi connectivity index (χ0) is 12.7. The molecule has 1 aliphatic rings. The van der Waals surface area contributed by atoms with Crippen molar-refractivity contribution in [3.63, 3.8) is 0 Å². The predicted octanol–water partition coefficient (Wildman–Crippen LogP) is -0.810. The van der Waals surface area contributed by atoms with Crippen molar-refractivity contribution in [1.29, 1.82) is 0 Å². The average molecular weight is 240 g/mol. The summed E-state index contributed by atoms with van der Waals surface area (Å²) in [6, 6.07) is 0. The molecule has 0 aromatic heterocycles. The SMILES string of the molecule is O=C(CCCN1C(=O)C=CC1=O)NCCCO. The third-order valence-electron chi connectivity index (χ3n) is 2.34. The molecule has 1 rings (SSSR count). The van der Waals surface area contributed by atoms with E-state index in [2.05, 4.69) is 5.32 Å². The van der Waals surface area contributed by atoms with Gasteiger partial charge in [0.1, 0.15) is 0 Å². The van der Waals surface area contributed by atoms with Crippen molar-refractivity contribution in [3.8, 4) is 0 Å². The summed E-state index contributed by atoms with van der Waals surface area (Å²) in [5.41, 5.74) is 0. The summed E-state index contributed by atoms with van der Waals surface area (Å²) in [6.45, 7) is 0.749. The molecule has 0 bridgehead atoms. The van der Waals surface area contributed by atoms with E-state index in [1.807, 2.05) is 0 Å². The van der Waals surface area contributed by atoms with Crippen LogP contribution in [0.5, 0.6) is 0 Å². The monoisotopic (exact) mass is 240 g/mol. The first-order valence-corrected chi connectivity index (χ1v) is 5.56. The third-order valence-corrected chi connectivity index (χ3v) is 2.34. The highest BCUT2D eigenvalue weighted by molar-refractivity contribution is 6.12. The molecule has 0 saturated heterocycles. The summed E-state index contributed by atoms with van der Waals surface area (Å²) >= 11 is 0. The van der Waals surface area contributed by atoms with E-state index in [1.54, 1.807) is 0 Å². The minimum atomic E-state index is -0.323. The number of aliphatic hydroxyl groups excluding tert-OH is 1. The molecule has 0 aliphatic carbocycles. The average Bonchev–Trinajstić information content (AvgIpc) is 2.61. The minimum Gasteiger partial charge on any atom is -0.396 e. The van der Waals surface area contributed by atoms with Crippen molar-refractivity contribution in [3.05, 3.63) is 12.2 Å². The first kappa shape index (κ1) is 13.4. The molecule has 0 aromatic carbocycles. The van der Waals surface area contributed by atoms with Crippen molar-refractivity contribution >= 4 is 17.7 Å². The number of rotatable bonds is 7. The molecule has 17 heavy (non-hydrogen) atoms. The zero-order valence-corrected chi connectivity index (χ0v) is 9.52. The maximum atomic E-state index is 11.3. The molecule has 0 radical (unpaired) electrons. The van der Waals surface area contributed by atoms with Gasteiger partial charge >= 0.3 is 0 Å². The van der Waals surface area contributed by atoms with Gasteiger partial charge in [-0.3, -0.25) is 19.3 Å². The van der Waals surface area contributed by atoms with Crippen LogP contribution in [-0.2, 0) is 14.4 Å². The Balaban J connectivity index is 2.13. The Morgan fingerprint density at radius 3 is 2.47 bits per heavy atom. The molecular weight excluding hydrogens is 224 g/mol. The number of aliphatic hydroxyl groups is 1. The largest absolute Gasteiger partial charge is 0.396 e. The van der Waals surface area contributed by atoms with E-state index in [-0.39, 0.29) is 37.3 Å². The van der Waals surface area contributed by atoms with E-state index in [0.717, 1.165) is 4.90 Å². The Hall–Kier alpha value is -1.69. The van der Waals surface area contributed by atoms with E-state index >= 15 is 0 Å². The molecule has 0 saturated carbocycles. The molecule has 1 heterocycles. The van der Waals surface area contributed by atoms with Crippen molar-refractivity contribution in [2.45, 2.75) is 19.3 Å². The van der Waals surface area contributed by atoms with Crippen LogP contribution in [0.15, 0.2) is 12.2 Å². The fraction of sp³-hybridized carbons (Fsp3) is 0.545. The van der Waals surface area contributed by atoms with Gasteiger partial charge in [-0.15, -0.1) is 0 Å². The van der Waals surface area contributed by atoms with Gasteiger partial charge in [-0.1, -0.05) is 0 Å². The molecule has 2 N–H and O–H groups in total. The quantitative estimate of drug-likeness (QED) is 0.450. The maximum Gasteiger partial charge on any atom is 0.253 e. The summed E-state index contributed by atoms with van der Waals surface area (Å²) in [7, 11) is 0. The standard InChI is InChI=1S/C11H16N2O4/c14-8-2-6-12-9(15)3-1-7-13-10(16)4-5-11(13)17/h4-5,14H,1-3,6-8H2,(H,12,15). The predicted molar refractivity (Wildman–Crippen MR) is 59.8 cm³/mol. The van der Waals surface area contributed by atoms with Crippen molar-refractivity contribution < 1.29 is 19.5 Å². The fourth-order valence-corrected chi connectivity index (χ4v) is 1.44. The molecule has 3 amide bonds. The maximum absolute atomic E-state index is 11.3. The summed E-state index contributed by atoms with van der Waals surface area (Å²) in [4.78, 5) is 34.7. The lowest BCUT2D eigenvalue weighted by molar-refractivity contribution is -0.137. The van der Waals surface area contributed by atoms with Gasteiger partial charge in [-0.25, -0.2) is 0 Å². The summed E-state index contributed by atoms with van der Waals surface area (Å²) in [5, 5.41) is 11.1. The first-order valence-electron chi connectivity index (χ1n) is 5.56. The van der Waals surface area contributed by atoms with Crippen molar-refractivity contribution in [2.75, 3.05) is 19.7 Å². The number of nitrogens with one attached hydrogen (secondary N) is 1. The van der Waals surface area contributed by atoms with Gasteiger partial charge in [-0.2, -0.15) is 0 Å². The highest BCUT2D eigenvalue weighted by Gasteiger charge is 2.22. The molecule has 6 nitrogen and oxygen atoms in total. The van der Waals surface area contributed by atoms with E-state index in [4.69, 9.17) is 5.11 Å². The zero-order valence-electron chi connectivity index (χ0n) is 9.52. The van der Waals surface area contributed by atoms with Crippen molar-refractivity contribution in [2.24, 2.45) is 0 Å².